The summed E-state index contributed by atoms with van der Waals surface area (Å²) in [5, 5.41) is 10.4. The van der Waals surface area contributed by atoms with E-state index in [-0.39, 0.29) is 22.2 Å². The van der Waals surface area contributed by atoms with E-state index < -0.39 is 29.4 Å². The number of nitriles is 1. The molecule has 0 radical (unpaired) electrons. The topological polar surface area (TPSA) is 109 Å². The summed E-state index contributed by atoms with van der Waals surface area (Å²) in [6, 6.07) is 10.4. The molecule has 1 heterocycles. The van der Waals surface area contributed by atoms with E-state index in [1.165, 1.54) is 18.2 Å². The Kier molecular flexibility index (Phi) is 7.92. The lowest BCUT2D eigenvalue weighted by molar-refractivity contribution is -0.127. The Bertz CT molecular complexity index is 1180. The van der Waals surface area contributed by atoms with Gasteiger partial charge in [-0.05, 0) is 60.7 Å². The number of hydrogen-bond donors (Lipinski definition) is 1. The van der Waals surface area contributed by atoms with Crippen molar-refractivity contribution in [2.45, 2.75) is 6.92 Å². The third kappa shape index (κ3) is 6.03. The predicted molar refractivity (Wildman–Crippen MR) is 121 cm³/mol. The number of anilines is 1. The monoisotopic (exact) mass is 489 g/mol. The molecule has 1 aliphatic rings. The molecule has 8 nitrogen and oxygen atoms in total. The van der Waals surface area contributed by atoms with Crippen LogP contribution in [0.4, 0.5) is 14.9 Å². The van der Waals surface area contributed by atoms with Gasteiger partial charge in [0.2, 0.25) is 5.91 Å². The summed E-state index contributed by atoms with van der Waals surface area (Å²) in [6.07, 6.45) is 1.50. The van der Waals surface area contributed by atoms with Crippen LogP contribution in [0.2, 0.25) is 5.02 Å². The van der Waals surface area contributed by atoms with E-state index in [2.05, 4.69) is 5.32 Å². The number of ether oxygens (including phenoxy) is 2. The molecule has 170 valence electrons. The number of nitrogens with zero attached hydrogens (tertiary/aromatic N) is 2. The molecule has 0 atom stereocenters. The summed E-state index contributed by atoms with van der Waals surface area (Å²) < 4.78 is 24.1. The first-order chi connectivity index (χ1) is 15.8. The normalized spacial score (nSPS) is 14.4. The van der Waals surface area contributed by atoms with Crippen molar-refractivity contribution < 1.29 is 28.2 Å². The number of carbonyl (C=O) groups excluding carboxylic acids is 3. The summed E-state index contributed by atoms with van der Waals surface area (Å²) in [5.74, 6) is -1.14. The minimum absolute atomic E-state index is 0.130. The zero-order valence-corrected chi connectivity index (χ0v) is 18.8. The lowest BCUT2D eigenvalue weighted by Crippen LogP contribution is -2.36. The third-order valence-corrected chi connectivity index (χ3v) is 5.43. The molecule has 0 bridgehead atoms. The second kappa shape index (κ2) is 10.8. The van der Waals surface area contributed by atoms with E-state index in [9.17, 15) is 18.8 Å². The fourth-order valence-electron chi connectivity index (χ4n) is 2.82. The minimum Gasteiger partial charge on any atom is -0.490 e. The molecule has 0 saturated carbocycles. The third-order valence-electron chi connectivity index (χ3n) is 4.24. The number of halogens is 2. The smallest absolute Gasteiger partial charge is 0.294 e. The van der Waals surface area contributed by atoms with Gasteiger partial charge >= 0.3 is 0 Å². The van der Waals surface area contributed by atoms with E-state index >= 15 is 0 Å². The lowest BCUT2D eigenvalue weighted by Gasteiger charge is -2.13. The van der Waals surface area contributed by atoms with Gasteiger partial charge in [0.25, 0.3) is 11.1 Å². The molecule has 0 spiro atoms. The number of hydrogen-bond acceptors (Lipinski definition) is 7. The van der Waals surface area contributed by atoms with Crippen LogP contribution in [0.3, 0.4) is 0 Å². The number of amides is 3. The second-order valence-electron chi connectivity index (χ2n) is 6.53. The Labute approximate surface area is 197 Å². The van der Waals surface area contributed by atoms with Crippen LogP contribution in [0.5, 0.6) is 11.5 Å². The van der Waals surface area contributed by atoms with Crippen molar-refractivity contribution in [2.75, 3.05) is 25.1 Å². The van der Waals surface area contributed by atoms with E-state index in [1.807, 2.05) is 6.07 Å². The first-order valence-electron chi connectivity index (χ1n) is 9.59. The van der Waals surface area contributed by atoms with Crippen LogP contribution in [-0.2, 0) is 9.59 Å². The SMILES string of the molecule is CCOc1cc(/C=C2\SC(=O)N(CC(=O)Nc3ccc(F)c(Cl)c3)C2=O)ccc1OCC#N. The van der Waals surface area contributed by atoms with Crippen LogP contribution in [-0.4, -0.2) is 41.7 Å². The van der Waals surface area contributed by atoms with Crippen molar-refractivity contribution in [1.82, 2.24) is 4.90 Å². The highest BCUT2D eigenvalue weighted by molar-refractivity contribution is 8.18. The molecule has 2 aromatic rings. The summed E-state index contributed by atoms with van der Waals surface area (Å²) in [6.45, 7) is 1.49. The van der Waals surface area contributed by atoms with Gasteiger partial charge in [0.15, 0.2) is 18.1 Å². The second-order valence-corrected chi connectivity index (χ2v) is 7.93. The molecular weight excluding hydrogens is 473 g/mol. The summed E-state index contributed by atoms with van der Waals surface area (Å²) in [7, 11) is 0. The van der Waals surface area contributed by atoms with E-state index in [0.29, 0.717) is 35.4 Å². The molecule has 0 aliphatic carbocycles. The number of imide groups is 1. The zero-order chi connectivity index (χ0) is 24.0. The largest absolute Gasteiger partial charge is 0.490 e. The quantitative estimate of drug-likeness (QED) is 0.545. The van der Waals surface area contributed by atoms with Crippen LogP contribution < -0.4 is 14.8 Å². The molecule has 0 aromatic heterocycles. The van der Waals surface area contributed by atoms with Crippen LogP contribution in [0.15, 0.2) is 41.3 Å². The average Bonchev–Trinajstić information content (AvgIpc) is 3.03. The van der Waals surface area contributed by atoms with Crippen molar-refractivity contribution in [3.8, 4) is 17.6 Å². The Morgan fingerprint density at radius 3 is 2.73 bits per heavy atom. The molecule has 1 aliphatic heterocycles. The fourth-order valence-corrected chi connectivity index (χ4v) is 3.84. The maximum absolute atomic E-state index is 13.3. The molecule has 1 fully saturated rings. The highest BCUT2D eigenvalue weighted by Gasteiger charge is 2.36. The molecule has 33 heavy (non-hydrogen) atoms. The number of thioether (sulfide) groups is 1. The van der Waals surface area contributed by atoms with Gasteiger partial charge in [-0.3, -0.25) is 19.3 Å². The van der Waals surface area contributed by atoms with Gasteiger partial charge in [-0.25, -0.2) is 4.39 Å². The van der Waals surface area contributed by atoms with Crippen molar-refractivity contribution >= 4 is 52.2 Å². The van der Waals surface area contributed by atoms with Gasteiger partial charge in [0.1, 0.15) is 18.4 Å². The van der Waals surface area contributed by atoms with Gasteiger partial charge < -0.3 is 14.8 Å². The van der Waals surface area contributed by atoms with E-state index in [4.69, 9.17) is 26.3 Å². The van der Waals surface area contributed by atoms with Gasteiger partial charge in [0.05, 0.1) is 16.5 Å². The molecular formula is C22H17ClFN3O5S. The summed E-state index contributed by atoms with van der Waals surface area (Å²) in [4.78, 5) is 38.2. The average molecular weight is 490 g/mol. The minimum atomic E-state index is -0.640. The molecule has 0 unspecified atom stereocenters. The molecule has 11 heteroatoms. The fraction of sp³-hybridized carbons (Fsp3) is 0.182. The van der Waals surface area contributed by atoms with Gasteiger partial charge in [-0.1, -0.05) is 17.7 Å². The van der Waals surface area contributed by atoms with Crippen molar-refractivity contribution in [2.24, 2.45) is 0 Å². The van der Waals surface area contributed by atoms with Crippen molar-refractivity contribution in [3.63, 3.8) is 0 Å². The maximum Gasteiger partial charge on any atom is 0.294 e. The Hall–Kier alpha value is -3.55. The van der Waals surface area contributed by atoms with Gasteiger partial charge in [-0.15, -0.1) is 0 Å². The Morgan fingerprint density at radius 1 is 1.24 bits per heavy atom. The molecule has 2 aromatic carbocycles. The molecule has 1 N–H and O–H groups in total. The highest BCUT2D eigenvalue weighted by atomic mass is 35.5. The predicted octanol–water partition coefficient (Wildman–Crippen LogP) is 4.46. The number of benzene rings is 2. The number of carbonyl (C=O) groups is 3. The molecule has 3 rings (SSSR count). The summed E-state index contributed by atoms with van der Waals surface area (Å²) in [5.41, 5.74) is 0.801. The van der Waals surface area contributed by atoms with Crippen molar-refractivity contribution in [3.05, 3.63) is 57.7 Å². The van der Waals surface area contributed by atoms with Crippen LogP contribution in [0, 0.1) is 17.1 Å². The standard InChI is InChI=1S/C22H17ClFN3O5S/c1-2-31-18-9-13(3-6-17(18)32-8-7-25)10-19-21(29)27(22(30)33-19)12-20(28)26-14-4-5-16(24)15(23)11-14/h3-6,9-11H,2,8,12H2,1H3,(H,26,28)/b19-10-. The van der Waals surface area contributed by atoms with Gasteiger partial charge in [0, 0.05) is 5.69 Å². The lowest BCUT2D eigenvalue weighted by atomic mass is 10.2. The maximum atomic E-state index is 13.3. The van der Waals surface area contributed by atoms with E-state index in [1.54, 1.807) is 25.1 Å². The first kappa shape index (κ1) is 24.1. The highest BCUT2D eigenvalue weighted by Crippen LogP contribution is 2.34. The first-order valence-corrected chi connectivity index (χ1v) is 10.8. The zero-order valence-electron chi connectivity index (χ0n) is 17.3. The van der Waals surface area contributed by atoms with Crippen LogP contribution in [0.1, 0.15) is 12.5 Å². The summed E-state index contributed by atoms with van der Waals surface area (Å²) >= 11 is 6.39. The number of nitrogens with one attached hydrogen (secondary N) is 1. The molecule has 1 saturated heterocycles. The van der Waals surface area contributed by atoms with Crippen LogP contribution in [0.25, 0.3) is 6.08 Å². The van der Waals surface area contributed by atoms with Gasteiger partial charge in [-0.2, -0.15) is 5.26 Å². The Morgan fingerprint density at radius 2 is 2.03 bits per heavy atom. The van der Waals surface area contributed by atoms with Crippen LogP contribution >= 0.6 is 23.4 Å². The van der Waals surface area contributed by atoms with E-state index in [0.717, 1.165) is 11.0 Å². The Balaban J connectivity index is 1.72. The van der Waals surface area contributed by atoms with Crippen molar-refractivity contribution in [1.29, 1.82) is 5.26 Å². The number of rotatable bonds is 8. The molecule has 3 amide bonds.